The molecule has 0 aliphatic rings. The van der Waals surface area contributed by atoms with Crippen molar-refractivity contribution in [3.8, 4) is 0 Å². The maximum absolute atomic E-state index is 7.70. The van der Waals surface area contributed by atoms with E-state index in [0.717, 1.165) is 11.1 Å². The molecule has 0 fully saturated rings. The lowest BCUT2D eigenvalue weighted by atomic mass is 10.1. The Morgan fingerprint density at radius 2 is 1.79 bits per heavy atom. The van der Waals surface area contributed by atoms with Crippen LogP contribution in [0.15, 0.2) is 54.6 Å². The number of hydrogen-bond donors (Lipinski definition) is 1. The van der Waals surface area contributed by atoms with Gasteiger partial charge in [-0.3, -0.25) is 0 Å². The van der Waals surface area contributed by atoms with Crippen LogP contribution in [0.4, 0.5) is 0 Å². The fourth-order valence-corrected chi connectivity index (χ4v) is 2.00. The molecule has 102 valence electrons. The first-order chi connectivity index (χ1) is 9.97. The highest BCUT2D eigenvalue weighted by Gasteiger charge is 2.04. The molecule has 0 saturated carbocycles. The monoisotopic (exact) mass is 298 g/mol. The van der Waals surface area contributed by atoms with Gasteiger partial charge >= 0.3 is 0 Å². The van der Waals surface area contributed by atoms with Gasteiger partial charge in [-0.05, 0) is 30.5 Å². The van der Waals surface area contributed by atoms with Crippen molar-refractivity contribution in [2.24, 2.45) is 0 Å². The van der Waals surface area contributed by atoms with Gasteiger partial charge < -0.3 is 5.32 Å². The molecule has 0 radical (unpaired) electrons. The van der Waals surface area contributed by atoms with Crippen LogP contribution in [0.5, 0.6) is 0 Å². The predicted molar refractivity (Wildman–Crippen MR) is 85.1 cm³/mol. The molecule has 0 spiro atoms. The Hall–Kier alpha value is -1.02. The summed E-state index contributed by atoms with van der Waals surface area (Å²) in [5, 5.41) is 3.77. The topological polar surface area (TPSA) is 12.0 Å². The fraction of sp³-hybridized carbons (Fsp3) is 0.250. The van der Waals surface area contributed by atoms with E-state index < -0.39 is 12.9 Å². The van der Waals surface area contributed by atoms with Gasteiger partial charge in [-0.2, -0.15) is 0 Å². The normalized spacial score (nSPS) is 14.7. The molecule has 19 heavy (non-hydrogen) atoms. The summed E-state index contributed by atoms with van der Waals surface area (Å²) >= 11 is 6.10. The molecule has 0 heterocycles. The highest BCUT2D eigenvalue weighted by Crippen LogP contribution is 2.14. The van der Waals surface area contributed by atoms with E-state index >= 15 is 0 Å². The van der Waals surface area contributed by atoms with Crippen LogP contribution < -0.4 is 5.32 Å². The van der Waals surface area contributed by atoms with E-state index in [1.54, 1.807) is 6.07 Å². The zero-order chi connectivity index (χ0) is 15.3. The van der Waals surface area contributed by atoms with Crippen molar-refractivity contribution in [2.45, 2.75) is 25.9 Å². The van der Waals surface area contributed by atoms with Crippen LogP contribution in [-0.4, -0.2) is 6.04 Å². The largest absolute Gasteiger partial charge is 0.310 e. The Morgan fingerprint density at radius 1 is 1.11 bits per heavy atom. The molecule has 0 saturated heterocycles. The molecule has 0 aliphatic heterocycles. The lowest BCUT2D eigenvalue weighted by Crippen LogP contribution is -2.27. The van der Waals surface area contributed by atoms with E-state index in [-0.39, 0.29) is 12.4 Å². The molecule has 0 unspecified atom stereocenters. The summed E-state index contributed by atoms with van der Waals surface area (Å²) in [5.41, 5.74) is 1.91. The Labute approximate surface area is 130 Å². The van der Waals surface area contributed by atoms with Crippen LogP contribution >= 0.6 is 24.0 Å². The van der Waals surface area contributed by atoms with Crippen LogP contribution in [0.3, 0.4) is 0 Å². The second kappa shape index (κ2) is 8.21. The molecule has 2 rings (SSSR count). The van der Waals surface area contributed by atoms with Gasteiger partial charge in [0.1, 0.15) is 0 Å². The smallest absolute Gasteiger partial charge is 0.0450 e. The molecule has 0 aliphatic carbocycles. The SMILES string of the molecule is Cl.[2H]C([2H])([2H])[C@@H](Cc1ccccc1)NCc1ccccc1Cl. The Morgan fingerprint density at radius 3 is 2.47 bits per heavy atom. The fourth-order valence-electron chi connectivity index (χ4n) is 1.80. The van der Waals surface area contributed by atoms with Crippen molar-refractivity contribution in [3.05, 3.63) is 70.7 Å². The summed E-state index contributed by atoms with van der Waals surface area (Å²) in [7, 11) is 0. The zero-order valence-electron chi connectivity index (χ0n) is 13.5. The highest BCUT2D eigenvalue weighted by atomic mass is 35.5. The van der Waals surface area contributed by atoms with Crippen molar-refractivity contribution in [1.29, 1.82) is 0 Å². The summed E-state index contributed by atoms with van der Waals surface area (Å²) in [6.45, 7) is -1.62. The maximum atomic E-state index is 7.70. The van der Waals surface area contributed by atoms with Gasteiger partial charge in [0.25, 0.3) is 0 Å². The molecule has 2 aromatic carbocycles. The van der Waals surface area contributed by atoms with Crippen LogP contribution in [0.2, 0.25) is 5.02 Å². The average Bonchev–Trinajstić information content (AvgIpc) is 2.45. The van der Waals surface area contributed by atoms with Gasteiger partial charge in [-0.1, -0.05) is 60.1 Å². The van der Waals surface area contributed by atoms with Crippen molar-refractivity contribution in [3.63, 3.8) is 0 Å². The molecule has 0 amide bonds. The van der Waals surface area contributed by atoms with Gasteiger partial charge in [0, 0.05) is 21.7 Å². The van der Waals surface area contributed by atoms with Crippen LogP contribution in [0.25, 0.3) is 0 Å². The van der Waals surface area contributed by atoms with Crippen LogP contribution in [-0.2, 0) is 13.0 Å². The minimum Gasteiger partial charge on any atom is -0.310 e. The van der Waals surface area contributed by atoms with Gasteiger partial charge in [0.05, 0.1) is 0 Å². The molecule has 0 bridgehead atoms. The first-order valence-corrected chi connectivity index (χ1v) is 6.35. The number of hydrogen-bond acceptors (Lipinski definition) is 1. The number of nitrogens with one attached hydrogen (secondary N) is 1. The second-order valence-electron chi connectivity index (χ2n) is 4.21. The highest BCUT2D eigenvalue weighted by molar-refractivity contribution is 6.31. The van der Waals surface area contributed by atoms with Crippen molar-refractivity contribution in [1.82, 2.24) is 5.32 Å². The van der Waals surface area contributed by atoms with E-state index in [1.807, 2.05) is 48.5 Å². The van der Waals surface area contributed by atoms with E-state index in [4.69, 9.17) is 15.7 Å². The molecular formula is C16H19Cl2N. The Bertz CT molecular complexity index is 573. The second-order valence-corrected chi connectivity index (χ2v) is 4.62. The van der Waals surface area contributed by atoms with Gasteiger partial charge in [0.15, 0.2) is 0 Å². The molecule has 3 heteroatoms. The number of rotatable bonds is 5. The molecule has 1 N–H and O–H groups in total. The van der Waals surface area contributed by atoms with Crippen LogP contribution in [0.1, 0.15) is 22.1 Å². The zero-order valence-corrected chi connectivity index (χ0v) is 12.0. The lowest BCUT2D eigenvalue weighted by Gasteiger charge is -2.14. The van der Waals surface area contributed by atoms with Crippen molar-refractivity contribution >= 4 is 24.0 Å². The molecular weight excluding hydrogens is 277 g/mol. The van der Waals surface area contributed by atoms with Crippen molar-refractivity contribution < 1.29 is 4.11 Å². The third-order valence-electron chi connectivity index (χ3n) is 2.78. The molecule has 0 aromatic heterocycles. The Kier molecular flexibility index (Phi) is 5.09. The number of benzene rings is 2. The first-order valence-electron chi connectivity index (χ1n) is 7.47. The first kappa shape index (κ1) is 11.8. The standard InChI is InChI=1S/C16H18ClN.ClH/c1-13(11-14-7-3-2-4-8-14)18-12-15-9-5-6-10-16(15)17;/h2-10,13,18H,11-12H2,1H3;1H/t13-;/m0./s1/i1D3;. The van der Waals surface area contributed by atoms with Gasteiger partial charge in [0.2, 0.25) is 0 Å². The van der Waals surface area contributed by atoms with Gasteiger partial charge in [-0.15, -0.1) is 12.4 Å². The third-order valence-corrected chi connectivity index (χ3v) is 3.15. The van der Waals surface area contributed by atoms with Gasteiger partial charge in [-0.25, -0.2) is 0 Å². The minimum absolute atomic E-state index is 0. The van der Waals surface area contributed by atoms with E-state index in [2.05, 4.69) is 5.32 Å². The molecule has 1 atom stereocenters. The van der Waals surface area contributed by atoms with Crippen LogP contribution in [0, 0.1) is 0 Å². The Balaban J connectivity index is 0.00000242. The third kappa shape index (κ3) is 5.23. The van der Waals surface area contributed by atoms with E-state index in [9.17, 15) is 0 Å². The van der Waals surface area contributed by atoms with Crippen molar-refractivity contribution in [2.75, 3.05) is 0 Å². The molecule has 1 nitrogen and oxygen atoms in total. The summed E-state index contributed by atoms with van der Waals surface area (Å²) in [6.07, 6.45) is 0.460. The average molecular weight is 299 g/mol. The lowest BCUT2D eigenvalue weighted by molar-refractivity contribution is 0.545. The summed E-state index contributed by atoms with van der Waals surface area (Å²) < 4.78 is 23.1. The maximum Gasteiger partial charge on any atom is 0.0450 e. The quantitative estimate of drug-likeness (QED) is 0.858. The summed E-state index contributed by atoms with van der Waals surface area (Å²) in [5.74, 6) is 0. The summed E-state index contributed by atoms with van der Waals surface area (Å²) in [6, 6.07) is 16.5. The van der Waals surface area contributed by atoms with E-state index in [1.165, 1.54) is 0 Å². The molecule has 2 aromatic rings. The van der Waals surface area contributed by atoms with E-state index in [0.29, 0.717) is 18.0 Å². The summed E-state index contributed by atoms with van der Waals surface area (Å²) in [4.78, 5) is 0. The number of halogens is 2. The predicted octanol–water partition coefficient (Wildman–Crippen LogP) is 4.48. The minimum atomic E-state index is -2.06.